The number of nitrogens with one attached hydrogen (secondary N) is 1. The molecule has 32 heavy (non-hydrogen) atoms. The van der Waals surface area contributed by atoms with Crippen molar-refractivity contribution in [3.05, 3.63) is 57.7 Å². The lowest BCUT2D eigenvalue weighted by Crippen LogP contribution is -2.18. The van der Waals surface area contributed by atoms with E-state index < -0.39 is 28.3 Å². The van der Waals surface area contributed by atoms with E-state index in [0.717, 1.165) is 24.0 Å². The molecule has 0 bridgehead atoms. The molecule has 0 aromatic heterocycles. The van der Waals surface area contributed by atoms with Crippen LogP contribution >= 0.6 is 13.5 Å². The summed E-state index contributed by atoms with van der Waals surface area (Å²) in [5.41, 5.74) is 3.06. The molecule has 2 aliphatic rings. The number of amides is 2. The van der Waals surface area contributed by atoms with Gasteiger partial charge >= 0.3 is 6.03 Å². The highest BCUT2D eigenvalue weighted by Gasteiger charge is 2.29. The molecule has 6 N–H and O–H groups in total. The van der Waals surface area contributed by atoms with Crippen LogP contribution < -0.4 is 10.5 Å². The number of rotatable bonds is 3. The molecule has 4 rings (SSSR count). The fourth-order valence-electron chi connectivity index (χ4n) is 4.35. The van der Waals surface area contributed by atoms with Crippen molar-refractivity contribution in [3.63, 3.8) is 0 Å². The number of carbonyl (C=O) groups excluding carboxylic acids is 1. The first-order valence-electron chi connectivity index (χ1n) is 10.1. The smallest absolute Gasteiger partial charge is 0.352 e. The molecule has 1 unspecified atom stereocenters. The van der Waals surface area contributed by atoms with Crippen molar-refractivity contribution < 1.29 is 24.2 Å². The van der Waals surface area contributed by atoms with Crippen LogP contribution in [0.25, 0.3) is 0 Å². The molecule has 0 saturated carbocycles. The lowest BCUT2D eigenvalue weighted by atomic mass is 9.98. The number of nitrogens with zero attached hydrogens (tertiary/aromatic N) is 1. The molecule has 1 atom stereocenters. The van der Waals surface area contributed by atoms with E-state index in [1.54, 1.807) is 13.8 Å². The second-order valence-electron chi connectivity index (χ2n) is 8.35. The highest BCUT2D eigenvalue weighted by molar-refractivity contribution is 7.85. The van der Waals surface area contributed by atoms with E-state index in [4.69, 9.17) is 5.14 Å². The molecule has 0 saturated heterocycles. The number of fused-ring (bicyclic) bond motifs is 2. The van der Waals surface area contributed by atoms with Gasteiger partial charge in [-0.05, 0) is 92.3 Å². The number of benzene rings is 2. The first-order valence-corrected chi connectivity index (χ1v) is 11.3. The Morgan fingerprint density at radius 3 is 2.16 bits per heavy atom. The van der Waals surface area contributed by atoms with Gasteiger partial charge in [0.2, 0.25) is 0 Å². The minimum Gasteiger partial charge on any atom is -0.412 e. The summed E-state index contributed by atoms with van der Waals surface area (Å²) < 4.78 is 33.0. The maximum atomic E-state index is 14.8. The molecule has 2 aromatic carbocycles. The summed E-state index contributed by atoms with van der Waals surface area (Å²) in [4.78, 5) is 12.7. The van der Waals surface area contributed by atoms with Gasteiger partial charge in [0, 0.05) is 16.6 Å². The largest absolute Gasteiger partial charge is 0.412 e. The molecule has 0 aliphatic heterocycles. The summed E-state index contributed by atoms with van der Waals surface area (Å²) in [7, 11) is -1.54. The van der Waals surface area contributed by atoms with Crippen molar-refractivity contribution in [1.29, 1.82) is 0 Å². The summed E-state index contributed by atoms with van der Waals surface area (Å²) in [5, 5.41) is 19.0. The van der Waals surface area contributed by atoms with Gasteiger partial charge in [-0.2, -0.15) is 17.9 Å². The zero-order valence-electron chi connectivity index (χ0n) is 18.0. The Balaban J connectivity index is 0.00000181. The van der Waals surface area contributed by atoms with Crippen molar-refractivity contribution in [2.45, 2.75) is 62.9 Å². The van der Waals surface area contributed by atoms with E-state index in [0.29, 0.717) is 48.1 Å². The van der Waals surface area contributed by atoms with Crippen molar-refractivity contribution in [2.24, 2.45) is 9.50 Å². The van der Waals surface area contributed by atoms with Crippen LogP contribution in [0.15, 0.2) is 27.5 Å². The Morgan fingerprint density at radius 2 is 1.62 bits per heavy atom. The van der Waals surface area contributed by atoms with E-state index in [-0.39, 0.29) is 29.7 Å². The standard InChI is InChI=1S/C22H25F2N3O2S.H2O.H2S/c1-22(2,29)12-9-10-17(23)18(11-12)30(25)27-21(28)26-20-15-7-3-5-13(15)19(24)14-6-4-8-16(14)20;;/h9-11,29H,3-8H2,1-2H3,(H3,25,26,27,28);2*1H2. The van der Waals surface area contributed by atoms with Crippen LogP contribution in [0.4, 0.5) is 19.3 Å². The van der Waals surface area contributed by atoms with Crippen LogP contribution in [0, 0.1) is 11.6 Å². The first kappa shape index (κ1) is 26.4. The highest BCUT2D eigenvalue weighted by Crippen LogP contribution is 2.41. The highest BCUT2D eigenvalue weighted by atomic mass is 32.2. The number of anilines is 1. The fourth-order valence-corrected chi connectivity index (χ4v) is 5.19. The van der Waals surface area contributed by atoms with Gasteiger partial charge in [0.25, 0.3) is 0 Å². The number of carbonyl (C=O) groups is 1. The van der Waals surface area contributed by atoms with Crippen molar-refractivity contribution in [1.82, 2.24) is 0 Å². The third-order valence-electron chi connectivity index (χ3n) is 5.85. The summed E-state index contributed by atoms with van der Waals surface area (Å²) in [5.74, 6) is -0.706. The maximum absolute atomic E-state index is 14.8. The number of halogens is 2. The van der Waals surface area contributed by atoms with Crippen LogP contribution in [0.5, 0.6) is 0 Å². The summed E-state index contributed by atoms with van der Waals surface area (Å²) >= 11 is 0. The van der Waals surface area contributed by atoms with Gasteiger partial charge in [-0.15, -0.1) is 0 Å². The first-order chi connectivity index (χ1) is 14.2. The Morgan fingerprint density at radius 1 is 1.09 bits per heavy atom. The van der Waals surface area contributed by atoms with E-state index in [1.807, 2.05) is 0 Å². The Bertz CT molecular complexity index is 1050. The van der Waals surface area contributed by atoms with Gasteiger partial charge in [-0.1, -0.05) is 6.07 Å². The predicted octanol–water partition coefficient (Wildman–Crippen LogP) is 3.72. The molecule has 10 heteroatoms. The summed E-state index contributed by atoms with van der Waals surface area (Å²) in [6.07, 6.45) is 4.48. The van der Waals surface area contributed by atoms with Crippen molar-refractivity contribution in [3.8, 4) is 0 Å². The number of nitrogens with two attached hydrogens (primary N) is 1. The maximum Gasteiger partial charge on any atom is 0.352 e. The van der Waals surface area contributed by atoms with E-state index >= 15 is 0 Å². The quantitative estimate of drug-likeness (QED) is 0.614. The summed E-state index contributed by atoms with van der Waals surface area (Å²) in [6, 6.07) is 3.44. The molecular formula is C22H29F2N3O3S2. The number of aliphatic hydroxyl groups is 1. The van der Waals surface area contributed by atoms with E-state index in [2.05, 4.69) is 9.68 Å². The number of hydrogen-bond acceptors (Lipinski definition) is 2. The Labute approximate surface area is 195 Å². The Hall–Kier alpha value is -1.85. The fraction of sp³-hybridized carbons (Fsp3) is 0.409. The second kappa shape index (κ2) is 9.96. The van der Waals surface area contributed by atoms with Gasteiger partial charge < -0.3 is 15.9 Å². The average Bonchev–Trinajstić information content (AvgIpc) is 3.34. The molecule has 176 valence electrons. The monoisotopic (exact) mass is 485 g/mol. The van der Waals surface area contributed by atoms with Crippen molar-refractivity contribution >= 4 is 36.1 Å². The van der Waals surface area contributed by atoms with Crippen LogP contribution in [0.1, 0.15) is 54.5 Å². The third-order valence-corrected chi connectivity index (χ3v) is 6.97. The van der Waals surface area contributed by atoms with Gasteiger partial charge in [-0.25, -0.2) is 13.6 Å². The minimum atomic E-state index is -1.54. The minimum absolute atomic E-state index is 0. The normalized spacial score (nSPS) is 15.4. The zero-order valence-corrected chi connectivity index (χ0v) is 19.8. The van der Waals surface area contributed by atoms with Crippen LogP contribution in [-0.4, -0.2) is 16.6 Å². The molecule has 2 aromatic rings. The molecular weight excluding hydrogens is 456 g/mol. The summed E-state index contributed by atoms with van der Waals surface area (Å²) in [6.45, 7) is 3.16. The predicted molar refractivity (Wildman–Crippen MR) is 127 cm³/mol. The molecule has 2 aliphatic carbocycles. The van der Waals surface area contributed by atoms with E-state index in [1.165, 1.54) is 18.2 Å². The SMILES string of the molecule is CC(C)(O)c1ccc(F)c(S(N)=NC(=O)Nc2c3c(c(F)c4c2CCC4)CCC3)c1.O.S. The lowest BCUT2D eigenvalue weighted by molar-refractivity contribution is 0.0782. The van der Waals surface area contributed by atoms with Gasteiger partial charge in [0.05, 0.1) is 10.5 Å². The molecule has 0 radical (unpaired) electrons. The molecule has 0 fully saturated rings. The molecule has 2 amide bonds. The average molecular weight is 486 g/mol. The van der Waals surface area contributed by atoms with Crippen molar-refractivity contribution in [2.75, 3.05) is 5.32 Å². The second-order valence-corrected chi connectivity index (χ2v) is 9.60. The van der Waals surface area contributed by atoms with Gasteiger partial charge in [0.15, 0.2) is 0 Å². The van der Waals surface area contributed by atoms with E-state index in [9.17, 15) is 18.7 Å². The van der Waals surface area contributed by atoms with Crippen LogP contribution in [-0.2, 0) is 42.2 Å². The van der Waals surface area contributed by atoms with Gasteiger partial charge in [0.1, 0.15) is 11.6 Å². The molecule has 6 nitrogen and oxygen atoms in total. The number of urea groups is 1. The number of hydrogen-bond donors (Lipinski definition) is 3. The molecule has 0 spiro atoms. The topological polar surface area (TPSA) is 119 Å². The zero-order chi connectivity index (χ0) is 21.6. The lowest BCUT2D eigenvalue weighted by Gasteiger charge is -2.19. The van der Waals surface area contributed by atoms with Gasteiger partial charge in [-0.3, -0.25) is 5.14 Å². The molecule has 0 heterocycles. The van der Waals surface area contributed by atoms with Crippen LogP contribution in [0.3, 0.4) is 0 Å². The third kappa shape index (κ3) is 4.89. The van der Waals surface area contributed by atoms with Crippen LogP contribution in [0.2, 0.25) is 0 Å². The Kier molecular flexibility index (Phi) is 8.22.